The van der Waals surface area contributed by atoms with E-state index in [4.69, 9.17) is 18.0 Å². The van der Waals surface area contributed by atoms with Gasteiger partial charge in [-0.1, -0.05) is 47.9 Å². The molecule has 0 amide bonds. The van der Waals surface area contributed by atoms with Gasteiger partial charge in [-0.15, -0.1) is 0 Å². The van der Waals surface area contributed by atoms with Crippen molar-refractivity contribution in [2.24, 2.45) is 5.73 Å². The summed E-state index contributed by atoms with van der Waals surface area (Å²) in [5.41, 5.74) is 7.79. The largest absolute Gasteiger partial charge is 0.389 e. The normalized spacial score (nSPS) is 10.3. The second kappa shape index (κ2) is 6.97. The van der Waals surface area contributed by atoms with Crippen LogP contribution in [0.1, 0.15) is 31.7 Å². The zero-order valence-electron chi connectivity index (χ0n) is 10.4. The van der Waals surface area contributed by atoms with Gasteiger partial charge < -0.3 is 10.6 Å². The number of halogens is 1. The van der Waals surface area contributed by atoms with Gasteiger partial charge in [0.2, 0.25) is 0 Å². The molecule has 4 heteroatoms. The molecule has 94 valence electrons. The van der Waals surface area contributed by atoms with Crippen LogP contribution in [0.25, 0.3) is 0 Å². The molecule has 0 heterocycles. The van der Waals surface area contributed by atoms with Crippen molar-refractivity contribution < 1.29 is 0 Å². The Bertz CT molecular complexity index is 393. The fourth-order valence-corrected chi connectivity index (χ4v) is 2.27. The van der Waals surface area contributed by atoms with Gasteiger partial charge in [0.1, 0.15) is 4.99 Å². The number of hydrogen-bond acceptors (Lipinski definition) is 2. The highest BCUT2D eigenvalue weighted by Crippen LogP contribution is 2.24. The van der Waals surface area contributed by atoms with Crippen molar-refractivity contribution >= 4 is 38.8 Å². The van der Waals surface area contributed by atoms with E-state index in [2.05, 4.69) is 40.9 Å². The summed E-state index contributed by atoms with van der Waals surface area (Å²) in [6.07, 6.45) is 3.67. The summed E-state index contributed by atoms with van der Waals surface area (Å²) in [7, 11) is 2.08. The Morgan fingerprint density at radius 3 is 2.71 bits per heavy atom. The highest BCUT2D eigenvalue weighted by molar-refractivity contribution is 9.10. The molecule has 1 aromatic rings. The fraction of sp³-hybridized carbons (Fsp3) is 0.462. The van der Waals surface area contributed by atoms with Crippen molar-refractivity contribution in [3.05, 3.63) is 28.2 Å². The van der Waals surface area contributed by atoms with Gasteiger partial charge in [-0.2, -0.15) is 0 Å². The summed E-state index contributed by atoms with van der Waals surface area (Å²) >= 11 is 8.57. The van der Waals surface area contributed by atoms with E-state index in [1.807, 2.05) is 12.1 Å². The van der Waals surface area contributed by atoms with Crippen LogP contribution in [0.15, 0.2) is 22.7 Å². The summed E-state index contributed by atoms with van der Waals surface area (Å²) in [5.74, 6) is 0. The maximum Gasteiger partial charge on any atom is 0.106 e. The SMILES string of the molecule is CCCCCN(C)c1cc(Br)ccc1C(N)=S. The quantitative estimate of drug-likeness (QED) is 0.641. The van der Waals surface area contributed by atoms with Gasteiger partial charge in [-0.3, -0.25) is 0 Å². The Labute approximate surface area is 117 Å². The van der Waals surface area contributed by atoms with Crippen LogP contribution in [-0.2, 0) is 0 Å². The van der Waals surface area contributed by atoms with Crippen LogP contribution in [0.4, 0.5) is 5.69 Å². The van der Waals surface area contributed by atoms with Crippen LogP contribution in [0, 0.1) is 0 Å². The molecule has 0 radical (unpaired) electrons. The number of benzene rings is 1. The van der Waals surface area contributed by atoms with Gasteiger partial charge in [0, 0.05) is 29.3 Å². The van der Waals surface area contributed by atoms with Gasteiger partial charge in [0.05, 0.1) is 0 Å². The summed E-state index contributed by atoms with van der Waals surface area (Å²) in [6.45, 7) is 3.24. The number of nitrogens with zero attached hydrogens (tertiary/aromatic N) is 1. The van der Waals surface area contributed by atoms with Crippen molar-refractivity contribution in [2.45, 2.75) is 26.2 Å². The van der Waals surface area contributed by atoms with Gasteiger partial charge >= 0.3 is 0 Å². The lowest BCUT2D eigenvalue weighted by molar-refractivity contribution is 0.705. The van der Waals surface area contributed by atoms with Crippen LogP contribution < -0.4 is 10.6 Å². The molecule has 2 N–H and O–H groups in total. The molecule has 0 saturated carbocycles. The molecule has 0 aliphatic carbocycles. The van der Waals surface area contributed by atoms with Crippen molar-refractivity contribution in [1.29, 1.82) is 0 Å². The lowest BCUT2D eigenvalue weighted by Gasteiger charge is -2.22. The van der Waals surface area contributed by atoms with Gasteiger partial charge in [0.25, 0.3) is 0 Å². The molecule has 2 nitrogen and oxygen atoms in total. The first-order chi connectivity index (χ1) is 8.06. The third kappa shape index (κ3) is 4.28. The molecule has 0 aliphatic rings. The van der Waals surface area contributed by atoms with E-state index < -0.39 is 0 Å². The topological polar surface area (TPSA) is 29.3 Å². The minimum Gasteiger partial charge on any atom is -0.389 e. The fourth-order valence-electron chi connectivity index (χ4n) is 1.75. The lowest BCUT2D eigenvalue weighted by Crippen LogP contribution is -2.23. The van der Waals surface area contributed by atoms with E-state index in [0.717, 1.165) is 22.3 Å². The van der Waals surface area contributed by atoms with E-state index in [1.54, 1.807) is 0 Å². The molecular weight excluding hydrogens is 296 g/mol. The molecule has 0 unspecified atom stereocenters. The van der Waals surface area contributed by atoms with Crippen LogP contribution in [0.2, 0.25) is 0 Å². The second-order valence-corrected chi connectivity index (χ2v) is 5.51. The number of thiocarbonyl (C=S) groups is 1. The maximum absolute atomic E-state index is 5.75. The van der Waals surface area contributed by atoms with E-state index in [-0.39, 0.29) is 0 Å². The smallest absolute Gasteiger partial charge is 0.106 e. The summed E-state index contributed by atoms with van der Waals surface area (Å²) in [6, 6.07) is 6.01. The summed E-state index contributed by atoms with van der Waals surface area (Å²) in [4.78, 5) is 2.67. The Balaban J connectivity index is 2.86. The van der Waals surface area contributed by atoms with Gasteiger partial charge in [-0.05, 0) is 24.6 Å². The monoisotopic (exact) mass is 314 g/mol. The van der Waals surface area contributed by atoms with Crippen molar-refractivity contribution in [2.75, 3.05) is 18.5 Å². The van der Waals surface area contributed by atoms with Crippen molar-refractivity contribution in [1.82, 2.24) is 0 Å². The van der Waals surface area contributed by atoms with E-state index in [1.165, 1.54) is 19.3 Å². The highest BCUT2D eigenvalue weighted by Gasteiger charge is 2.09. The molecule has 0 fully saturated rings. The Hall–Kier alpha value is -0.610. The van der Waals surface area contributed by atoms with Crippen LogP contribution in [-0.4, -0.2) is 18.6 Å². The van der Waals surface area contributed by atoms with E-state index in [9.17, 15) is 0 Å². The Kier molecular flexibility index (Phi) is 5.92. The standard InChI is InChI=1S/C13H19BrN2S/c1-3-4-5-8-16(2)12-9-10(14)6-7-11(12)13(15)17/h6-7,9H,3-5,8H2,1-2H3,(H2,15,17). The third-order valence-electron chi connectivity index (χ3n) is 2.73. The molecule has 0 saturated heterocycles. The van der Waals surface area contributed by atoms with Crippen molar-refractivity contribution in [3.8, 4) is 0 Å². The second-order valence-electron chi connectivity index (χ2n) is 4.15. The minimum atomic E-state index is 0.454. The molecular formula is C13H19BrN2S. The predicted octanol–water partition coefficient (Wildman–Crippen LogP) is 3.71. The molecule has 0 atom stereocenters. The first kappa shape index (κ1) is 14.5. The van der Waals surface area contributed by atoms with Crippen LogP contribution >= 0.6 is 28.1 Å². The lowest BCUT2D eigenvalue weighted by atomic mass is 10.1. The minimum absolute atomic E-state index is 0.454. The molecule has 0 spiro atoms. The summed E-state index contributed by atoms with van der Waals surface area (Å²) in [5, 5.41) is 0. The first-order valence-corrected chi connectivity index (χ1v) is 7.07. The molecule has 1 rings (SSSR count). The number of hydrogen-bond donors (Lipinski definition) is 1. The highest BCUT2D eigenvalue weighted by atomic mass is 79.9. The molecule has 1 aromatic carbocycles. The average molecular weight is 315 g/mol. The number of nitrogens with two attached hydrogens (primary N) is 1. The molecule has 0 bridgehead atoms. The van der Waals surface area contributed by atoms with E-state index in [0.29, 0.717) is 4.99 Å². The first-order valence-electron chi connectivity index (χ1n) is 5.86. The van der Waals surface area contributed by atoms with Crippen molar-refractivity contribution in [3.63, 3.8) is 0 Å². The number of anilines is 1. The molecule has 17 heavy (non-hydrogen) atoms. The Morgan fingerprint density at radius 2 is 2.12 bits per heavy atom. The predicted molar refractivity (Wildman–Crippen MR) is 82.8 cm³/mol. The average Bonchev–Trinajstić information content (AvgIpc) is 2.28. The third-order valence-corrected chi connectivity index (χ3v) is 3.45. The van der Waals surface area contributed by atoms with Crippen LogP contribution in [0.3, 0.4) is 0 Å². The van der Waals surface area contributed by atoms with E-state index >= 15 is 0 Å². The molecule has 0 aromatic heterocycles. The molecule has 0 aliphatic heterocycles. The Morgan fingerprint density at radius 1 is 1.41 bits per heavy atom. The zero-order chi connectivity index (χ0) is 12.8. The summed E-state index contributed by atoms with van der Waals surface area (Å²) < 4.78 is 1.05. The van der Waals surface area contributed by atoms with Gasteiger partial charge in [0.15, 0.2) is 0 Å². The zero-order valence-corrected chi connectivity index (χ0v) is 12.8. The maximum atomic E-state index is 5.75. The van der Waals surface area contributed by atoms with Crippen LogP contribution in [0.5, 0.6) is 0 Å². The number of rotatable bonds is 6. The number of unbranched alkanes of at least 4 members (excludes halogenated alkanes) is 2. The van der Waals surface area contributed by atoms with Gasteiger partial charge in [-0.25, -0.2) is 0 Å².